The molecule has 2 aromatic rings. The van der Waals surface area contributed by atoms with Crippen LogP contribution in [0.4, 0.5) is 0 Å². The molecule has 1 fully saturated rings. The molecule has 0 unspecified atom stereocenters. The van der Waals surface area contributed by atoms with Crippen LogP contribution in [0.25, 0.3) is 11.1 Å². The molecule has 1 aliphatic rings. The van der Waals surface area contributed by atoms with Crippen molar-refractivity contribution in [1.29, 1.82) is 0 Å². The van der Waals surface area contributed by atoms with Gasteiger partial charge in [0.05, 0.1) is 0 Å². The van der Waals surface area contributed by atoms with Gasteiger partial charge >= 0.3 is 0 Å². The fourth-order valence-corrected chi connectivity index (χ4v) is 2.96. The number of carbonyl (C=O) groups excluding carboxylic acids is 2. The minimum atomic E-state index is -0.0673. The van der Waals surface area contributed by atoms with E-state index in [4.69, 9.17) is 0 Å². The number of amides is 2. The van der Waals surface area contributed by atoms with E-state index >= 15 is 0 Å². The Hall–Kier alpha value is -2.62. The smallest absolute Gasteiger partial charge is 0.251 e. The summed E-state index contributed by atoms with van der Waals surface area (Å²) in [6.07, 6.45) is 2.42. The van der Waals surface area contributed by atoms with Gasteiger partial charge in [0.15, 0.2) is 0 Å². The Bertz CT molecular complexity index is 695. The Labute approximate surface area is 142 Å². The van der Waals surface area contributed by atoms with Gasteiger partial charge in [0.25, 0.3) is 5.91 Å². The molecule has 1 heterocycles. The molecule has 1 saturated heterocycles. The van der Waals surface area contributed by atoms with E-state index in [0.717, 1.165) is 37.1 Å². The van der Waals surface area contributed by atoms with Crippen molar-refractivity contribution >= 4 is 11.8 Å². The first-order chi connectivity index (χ1) is 11.7. The Morgan fingerprint density at radius 1 is 1.00 bits per heavy atom. The Kier molecular flexibility index (Phi) is 5.26. The number of nitrogens with zero attached hydrogens (tertiary/aromatic N) is 1. The first-order valence-electron chi connectivity index (χ1n) is 8.45. The van der Waals surface area contributed by atoms with E-state index in [0.29, 0.717) is 18.5 Å². The molecule has 0 spiro atoms. The Morgan fingerprint density at radius 3 is 2.38 bits per heavy atom. The van der Waals surface area contributed by atoms with Crippen LogP contribution in [-0.2, 0) is 4.79 Å². The maximum Gasteiger partial charge on any atom is 0.251 e. The average molecular weight is 322 g/mol. The summed E-state index contributed by atoms with van der Waals surface area (Å²) in [5.74, 6) is 0.167. The molecule has 2 aromatic carbocycles. The number of rotatable bonds is 6. The third-order valence-electron chi connectivity index (χ3n) is 4.32. The van der Waals surface area contributed by atoms with Crippen molar-refractivity contribution < 1.29 is 9.59 Å². The molecule has 1 aliphatic heterocycles. The van der Waals surface area contributed by atoms with Crippen LogP contribution < -0.4 is 5.32 Å². The van der Waals surface area contributed by atoms with Crippen LogP contribution in [-0.4, -0.2) is 36.3 Å². The van der Waals surface area contributed by atoms with E-state index in [9.17, 15) is 9.59 Å². The van der Waals surface area contributed by atoms with E-state index in [1.807, 2.05) is 47.4 Å². The third-order valence-corrected chi connectivity index (χ3v) is 4.32. The summed E-state index contributed by atoms with van der Waals surface area (Å²) in [7, 11) is 0. The highest BCUT2D eigenvalue weighted by atomic mass is 16.2. The lowest BCUT2D eigenvalue weighted by atomic mass is 10.0. The van der Waals surface area contributed by atoms with Gasteiger partial charge in [-0.1, -0.05) is 42.5 Å². The lowest BCUT2D eigenvalue weighted by molar-refractivity contribution is -0.127. The number of hydrogen-bond donors (Lipinski definition) is 1. The van der Waals surface area contributed by atoms with E-state index in [2.05, 4.69) is 17.4 Å². The topological polar surface area (TPSA) is 49.4 Å². The molecule has 1 N–H and O–H groups in total. The number of carbonyl (C=O) groups is 2. The minimum absolute atomic E-state index is 0.0673. The summed E-state index contributed by atoms with van der Waals surface area (Å²) in [5.41, 5.74) is 2.89. The molecule has 4 nitrogen and oxygen atoms in total. The maximum atomic E-state index is 12.2. The minimum Gasteiger partial charge on any atom is -0.352 e. The van der Waals surface area contributed by atoms with Gasteiger partial charge in [0.2, 0.25) is 5.91 Å². The summed E-state index contributed by atoms with van der Waals surface area (Å²) in [4.78, 5) is 25.5. The SMILES string of the molecule is O=C(NCCCN1CCCC1=O)c1ccc(-c2ccccc2)cc1. The van der Waals surface area contributed by atoms with Crippen LogP contribution in [0.1, 0.15) is 29.6 Å². The first-order valence-corrected chi connectivity index (χ1v) is 8.45. The standard InChI is InChI=1S/C20H22N2O2/c23-19-8-4-14-22(19)15-5-13-21-20(24)18-11-9-17(10-12-18)16-6-2-1-3-7-16/h1-3,6-7,9-12H,4-5,8,13-15H2,(H,21,24). The number of benzene rings is 2. The maximum absolute atomic E-state index is 12.2. The summed E-state index contributed by atoms with van der Waals surface area (Å²) in [5, 5.41) is 2.92. The van der Waals surface area contributed by atoms with Gasteiger partial charge < -0.3 is 10.2 Å². The fraction of sp³-hybridized carbons (Fsp3) is 0.300. The normalized spacial score (nSPS) is 14.0. The molecule has 0 aliphatic carbocycles. The highest BCUT2D eigenvalue weighted by Crippen LogP contribution is 2.19. The Morgan fingerprint density at radius 2 is 1.71 bits per heavy atom. The highest BCUT2D eigenvalue weighted by Gasteiger charge is 2.19. The van der Waals surface area contributed by atoms with E-state index in [1.54, 1.807) is 0 Å². The summed E-state index contributed by atoms with van der Waals surface area (Å²) < 4.78 is 0. The summed E-state index contributed by atoms with van der Waals surface area (Å²) >= 11 is 0. The second-order valence-electron chi connectivity index (χ2n) is 6.04. The van der Waals surface area contributed by atoms with Crippen molar-refractivity contribution in [2.75, 3.05) is 19.6 Å². The number of hydrogen-bond acceptors (Lipinski definition) is 2. The van der Waals surface area contributed by atoms with Gasteiger partial charge in [0.1, 0.15) is 0 Å². The van der Waals surface area contributed by atoms with E-state index < -0.39 is 0 Å². The zero-order valence-electron chi connectivity index (χ0n) is 13.7. The molecule has 24 heavy (non-hydrogen) atoms. The number of nitrogens with one attached hydrogen (secondary N) is 1. The summed E-state index contributed by atoms with van der Waals surface area (Å²) in [6.45, 7) is 2.17. The summed E-state index contributed by atoms with van der Waals surface area (Å²) in [6, 6.07) is 17.7. The number of likely N-dealkylation sites (tertiary alicyclic amines) is 1. The zero-order chi connectivity index (χ0) is 16.8. The van der Waals surface area contributed by atoms with Gasteiger partial charge in [-0.25, -0.2) is 0 Å². The third kappa shape index (κ3) is 4.02. The van der Waals surface area contributed by atoms with Crippen LogP contribution in [0.2, 0.25) is 0 Å². The molecule has 3 rings (SSSR count). The van der Waals surface area contributed by atoms with Crippen LogP contribution in [0.3, 0.4) is 0 Å². The van der Waals surface area contributed by atoms with Crippen molar-refractivity contribution in [3.8, 4) is 11.1 Å². The van der Waals surface area contributed by atoms with Gasteiger partial charge in [-0.05, 0) is 36.1 Å². The first kappa shape index (κ1) is 16.2. The molecule has 2 amide bonds. The van der Waals surface area contributed by atoms with Gasteiger partial charge in [-0.2, -0.15) is 0 Å². The van der Waals surface area contributed by atoms with Gasteiger partial charge in [-0.15, -0.1) is 0 Å². The van der Waals surface area contributed by atoms with Crippen molar-refractivity contribution in [3.05, 3.63) is 60.2 Å². The quantitative estimate of drug-likeness (QED) is 0.831. The molecule has 4 heteroatoms. The average Bonchev–Trinajstić information content (AvgIpc) is 3.04. The molecule has 0 atom stereocenters. The second-order valence-corrected chi connectivity index (χ2v) is 6.04. The Balaban J connectivity index is 1.47. The highest BCUT2D eigenvalue weighted by molar-refractivity contribution is 5.94. The second kappa shape index (κ2) is 7.77. The van der Waals surface area contributed by atoms with Crippen LogP contribution in [0, 0.1) is 0 Å². The van der Waals surface area contributed by atoms with Gasteiger partial charge in [0, 0.05) is 31.6 Å². The largest absolute Gasteiger partial charge is 0.352 e. The van der Waals surface area contributed by atoms with Crippen LogP contribution >= 0.6 is 0 Å². The predicted molar refractivity (Wildman–Crippen MR) is 94.6 cm³/mol. The van der Waals surface area contributed by atoms with Crippen LogP contribution in [0.5, 0.6) is 0 Å². The zero-order valence-corrected chi connectivity index (χ0v) is 13.7. The van der Waals surface area contributed by atoms with Gasteiger partial charge in [-0.3, -0.25) is 9.59 Å². The van der Waals surface area contributed by atoms with Crippen molar-refractivity contribution in [2.24, 2.45) is 0 Å². The molecule has 0 radical (unpaired) electrons. The molecular formula is C20H22N2O2. The van der Waals surface area contributed by atoms with E-state index in [-0.39, 0.29) is 11.8 Å². The fourth-order valence-electron chi connectivity index (χ4n) is 2.96. The molecule has 0 bridgehead atoms. The van der Waals surface area contributed by atoms with Crippen molar-refractivity contribution in [3.63, 3.8) is 0 Å². The molecule has 124 valence electrons. The van der Waals surface area contributed by atoms with Crippen LogP contribution in [0.15, 0.2) is 54.6 Å². The van der Waals surface area contributed by atoms with E-state index in [1.165, 1.54) is 0 Å². The predicted octanol–water partition coefficient (Wildman–Crippen LogP) is 3.10. The van der Waals surface area contributed by atoms with Crippen molar-refractivity contribution in [2.45, 2.75) is 19.3 Å². The monoisotopic (exact) mass is 322 g/mol. The molecule has 0 aromatic heterocycles. The lowest BCUT2D eigenvalue weighted by Gasteiger charge is -2.15. The lowest BCUT2D eigenvalue weighted by Crippen LogP contribution is -2.30. The van der Waals surface area contributed by atoms with Crippen molar-refractivity contribution in [1.82, 2.24) is 10.2 Å². The molecular weight excluding hydrogens is 300 g/mol. The molecule has 0 saturated carbocycles.